The van der Waals surface area contributed by atoms with Crippen molar-refractivity contribution in [3.05, 3.63) is 96.6 Å². The fraction of sp³-hybridized carbons (Fsp3) is 0.265. The van der Waals surface area contributed by atoms with Gasteiger partial charge in [0.25, 0.3) is 5.91 Å². The van der Waals surface area contributed by atoms with Crippen LogP contribution in [0, 0.1) is 5.92 Å². The summed E-state index contributed by atoms with van der Waals surface area (Å²) in [6, 6.07) is 26.3. The highest BCUT2D eigenvalue weighted by Gasteiger charge is 2.35. The molecule has 0 saturated carbocycles. The Balaban J connectivity index is 1.43. The van der Waals surface area contributed by atoms with Gasteiger partial charge in [-0.25, -0.2) is 9.59 Å². The molecule has 5 rings (SSSR count). The second kappa shape index (κ2) is 13.5. The number of amides is 5. The molecule has 0 aromatic heterocycles. The molecule has 228 valence electrons. The fourth-order valence-electron chi connectivity index (χ4n) is 5.26. The minimum Gasteiger partial charge on any atom is -0.485 e. The number of nitrogens with zero attached hydrogens (tertiary/aromatic N) is 2. The lowest BCUT2D eigenvalue weighted by atomic mass is 9.99. The number of hydrogen-bond acceptors (Lipinski definition) is 5. The van der Waals surface area contributed by atoms with Crippen LogP contribution in [0.2, 0.25) is 0 Å². The molecule has 10 heteroatoms. The zero-order chi connectivity index (χ0) is 31.2. The lowest BCUT2D eigenvalue weighted by molar-refractivity contribution is 0.0373. The number of urea groups is 2. The topological polar surface area (TPSA) is 123 Å². The highest BCUT2D eigenvalue weighted by molar-refractivity contribution is 6.08. The number of hydrogen-bond donors (Lipinski definition) is 4. The number of carbonyl (C=O) groups excluding carboxylic acids is 3. The number of benzene rings is 4. The minimum absolute atomic E-state index is 0.200. The van der Waals surface area contributed by atoms with Crippen LogP contribution in [0.25, 0.3) is 10.8 Å². The van der Waals surface area contributed by atoms with Crippen LogP contribution in [-0.2, 0) is 0 Å². The quantitative estimate of drug-likeness (QED) is 0.213. The number of ether oxygens (including phenoxy) is 1. The van der Waals surface area contributed by atoms with Gasteiger partial charge in [0, 0.05) is 30.6 Å². The van der Waals surface area contributed by atoms with Gasteiger partial charge < -0.3 is 35.6 Å². The van der Waals surface area contributed by atoms with Gasteiger partial charge in [-0.15, -0.1) is 0 Å². The van der Waals surface area contributed by atoms with Crippen molar-refractivity contribution < 1.29 is 24.2 Å². The van der Waals surface area contributed by atoms with Crippen LogP contribution >= 0.6 is 0 Å². The Kier molecular flexibility index (Phi) is 9.30. The number of aliphatic hydroxyl groups is 1. The summed E-state index contributed by atoms with van der Waals surface area (Å²) in [5, 5.41) is 20.5. The first-order valence-electron chi connectivity index (χ1n) is 14.6. The molecule has 4 aromatic rings. The van der Waals surface area contributed by atoms with E-state index in [1.165, 1.54) is 4.90 Å². The normalized spacial score (nSPS) is 17.0. The molecule has 1 heterocycles. The molecule has 5 amide bonds. The number of rotatable bonds is 7. The summed E-state index contributed by atoms with van der Waals surface area (Å²) in [4.78, 5) is 43.2. The minimum atomic E-state index is -0.550. The number of para-hydroxylation sites is 2. The molecule has 0 bridgehead atoms. The summed E-state index contributed by atoms with van der Waals surface area (Å²) in [5.41, 5.74) is 1.86. The first-order chi connectivity index (χ1) is 21.2. The van der Waals surface area contributed by atoms with E-state index in [0.717, 1.165) is 10.8 Å². The standard InChI is InChI=1S/C34H37N5O5/c1-22-19-39(23(2)21-40)32(41)27-16-10-18-29(37-33(42)36-28-17-9-12-24-11-7-8-15-26(24)28)31(27)44-30(22)20-38(3)34(43)35-25-13-5-4-6-14-25/h4-18,22-23,30,40H,19-21H2,1-3H3,(H,35,43)(H2,36,37,42)/t22-,23-,30-/m0/s1. The predicted molar refractivity (Wildman–Crippen MR) is 172 cm³/mol. The molecule has 10 nitrogen and oxygen atoms in total. The summed E-state index contributed by atoms with van der Waals surface area (Å²) >= 11 is 0. The van der Waals surface area contributed by atoms with Crippen molar-refractivity contribution in [2.75, 3.05) is 42.7 Å². The van der Waals surface area contributed by atoms with Gasteiger partial charge in [0.2, 0.25) is 0 Å². The molecule has 4 aromatic carbocycles. The first kappa shape index (κ1) is 30.4. The van der Waals surface area contributed by atoms with Crippen LogP contribution in [-0.4, -0.2) is 71.8 Å². The molecule has 44 heavy (non-hydrogen) atoms. The summed E-state index contributed by atoms with van der Waals surface area (Å²) in [7, 11) is 1.68. The fourth-order valence-corrected chi connectivity index (χ4v) is 5.26. The number of aliphatic hydroxyl groups excluding tert-OH is 1. The van der Waals surface area contributed by atoms with E-state index >= 15 is 0 Å². The van der Waals surface area contributed by atoms with Crippen LogP contribution in [0.4, 0.5) is 26.7 Å². The molecule has 1 aliphatic heterocycles. The lowest BCUT2D eigenvalue weighted by Crippen LogP contribution is -2.50. The second-order valence-electron chi connectivity index (χ2n) is 11.1. The van der Waals surface area contributed by atoms with Crippen molar-refractivity contribution in [2.45, 2.75) is 26.0 Å². The van der Waals surface area contributed by atoms with Crippen LogP contribution in [0.1, 0.15) is 24.2 Å². The maximum atomic E-state index is 13.8. The maximum absolute atomic E-state index is 13.8. The molecule has 1 aliphatic rings. The molecule has 0 radical (unpaired) electrons. The van der Waals surface area contributed by atoms with Crippen LogP contribution in [0.15, 0.2) is 91.0 Å². The summed E-state index contributed by atoms with van der Waals surface area (Å²) < 4.78 is 6.53. The monoisotopic (exact) mass is 595 g/mol. The molecule has 0 saturated heterocycles. The third-order valence-electron chi connectivity index (χ3n) is 7.80. The number of likely N-dealkylation sites (N-methyl/N-ethyl adjacent to an activating group) is 1. The molecule has 0 aliphatic carbocycles. The van der Waals surface area contributed by atoms with E-state index in [1.54, 1.807) is 49.2 Å². The Morgan fingerprint density at radius 3 is 2.36 bits per heavy atom. The van der Waals surface area contributed by atoms with E-state index in [-0.39, 0.29) is 42.3 Å². The number of carbonyl (C=O) groups is 3. The van der Waals surface area contributed by atoms with Crippen LogP contribution in [0.5, 0.6) is 5.75 Å². The molecular weight excluding hydrogens is 558 g/mol. The molecule has 0 fully saturated rings. The van der Waals surface area contributed by atoms with Gasteiger partial charge in [-0.3, -0.25) is 4.79 Å². The second-order valence-corrected chi connectivity index (χ2v) is 11.1. The largest absolute Gasteiger partial charge is 0.485 e. The molecule has 4 N–H and O–H groups in total. The molecule has 3 atom stereocenters. The summed E-state index contributed by atoms with van der Waals surface area (Å²) in [6.07, 6.45) is -0.550. The van der Waals surface area contributed by atoms with E-state index in [1.807, 2.05) is 67.6 Å². The SMILES string of the molecule is C[C@H]1CN([C@@H](C)CO)C(=O)c2cccc(NC(=O)Nc3cccc4ccccc34)c2O[C@H]1CN(C)C(=O)Nc1ccccc1. The highest BCUT2D eigenvalue weighted by atomic mass is 16.5. The van der Waals surface area contributed by atoms with E-state index in [2.05, 4.69) is 16.0 Å². The van der Waals surface area contributed by atoms with E-state index < -0.39 is 18.2 Å². The van der Waals surface area contributed by atoms with Gasteiger partial charge in [-0.1, -0.05) is 67.6 Å². The number of fused-ring (bicyclic) bond motifs is 2. The van der Waals surface area contributed by atoms with Crippen molar-refractivity contribution in [3.63, 3.8) is 0 Å². The van der Waals surface area contributed by atoms with Crippen molar-refractivity contribution >= 4 is 45.8 Å². The third kappa shape index (κ3) is 6.76. The first-order valence-corrected chi connectivity index (χ1v) is 14.6. The average Bonchev–Trinajstić information content (AvgIpc) is 3.03. The summed E-state index contributed by atoms with van der Waals surface area (Å²) in [5.74, 6) is -0.347. The Labute approximate surface area is 256 Å². The Bertz CT molecular complexity index is 1640. The van der Waals surface area contributed by atoms with E-state index in [0.29, 0.717) is 23.6 Å². The lowest BCUT2D eigenvalue weighted by Gasteiger charge is -2.38. The van der Waals surface area contributed by atoms with Crippen LogP contribution in [0.3, 0.4) is 0 Å². The number of nitrogens with one attached hydrogen (secondary N) is 3. The smallest absolute Gasteiger partial charge is 0.323 e. The molecule has 0 unspecified atom stereocenters. The maximum Gasteiger partial charge on any atom is 0.323 e. The van der Waals surface area contributed by atoms with Gasteiger partial charge in [0.05, 0.1) is 36.1 Å². The van der Waals surface area contributed by atoms with Crippen molar-refractivity contribution in [3.8, 4) is 5.75 Å². The van der Waals surface area contributed by atoms with Crippen LogP contribution < -0.4 is 20.7 Å². The Morgan fingerprint density at radius 1 is 0.932 bits per heavy atom. The zero-order valence-corrected chi connectivity index (χ0v) is 25.0. The van der Waals surface area contributed by atoms with Crippen molar-refractivity contribution in [2.24, 2.45) is 5.92 Å². The van der Waals surface area contributed by atoms with Gasteiger partial charge in [-0.2, -0.15) is 0 Å². The van der Waals surface area contributed by atoms with Gasteiger partial charge in [-0.05, 0) is 42.6 Å². The van der Waals surface area contributed by atoms with Crippen molar-refractivity contribution in [1.82, 2.24) is 9.80 Å². The molecular formula is C34H37N5O5. The predicted octanol–water partition coefficient (Wildman–Crippen LogP) is 5.87. The highest BCUT2D eigenvalue weighted by Crippen LogP contribution is 2.35. The Morgan fingerprint density at radius 2 is 1.59 bits per heavy atom. The zero-order valence-electron chi connectivity index (χ0n) is 25.0. The van der Waals surface area contributed by atoms with Crippen molar-refractivity contribution in [1.29, 1.82) is 0 Å². The van der Waals surface area contributed by atoms with Gasteiger partial charge >= 0.3 is 12.1 Å². The third-order valence-corrected chi connectivity index (χ3v) is 7.80. The molecule has 0 spiro atoms. The van der Waals surface area contributed by atoms with Gasteiger partial charge in [0.1, 0.15) is 6.10 Å². The van der Waals surface area contributed by atoms with E-state index in [4.69, 9.17) is 4.74 Å². The number of anilines is 3. The van der Waals surface area contributed by atoms with Gasteiger partial charge in [0.15, 0.2) is 5.75 Å². The van der Waals surface area contributed by atoms with E-state index in [9.17, 15) is 19.5 Å². The average molecular weight is 596 g/mol. The Hall–Kier alpha value is -5.09. The summed E-state index contributed by atoms with van der Waals surface area (Å²) in [6.45, 7) is 4.00.